The molecule has 2 aliphatic heterocycles. The Labute approximate surface area is 157 Å². The topological polar surface area (TPSA) is 70.7 Å². The second-order valence-electron chi connectivity index (χ2n) is 7.36. The van der Waals surface area contributed by atoms with E-state index in [0.717, 1.165) is 69.8 Å². The number of rotatable bonds is 7. The largest absolute Gasteiger partial charge is 0.381 e. The van der Waals surface area contributed by atoms with Crippen LogP contribution in [-0.4, -0.2) is 58.2 Å². The van der Waals surface area contributed by atoms with E-state index in [0.29, 0.717) is 10.9 Å². The molecule has 2 heterocycles. The van der Waals surface area contributed by atoms with Crippen LogP contribution in [0, 0.1) is 6.92 Å². The lowest BCUT2D eigenvalue weighted by Crippen LogP contribution is -2.37. The molecule has 6 nitrogen and oxygen atoms in total. The predicted octanol–water partition coefficient (Wildman–Crippen LogP) is 1.64. The fourth-order valence-electron chi connectivity index (χ4n) is 3.69. The number of benzene rings is 1. The van der Waals surface area contributed by atoms with Crippen LogP contribution >= 0.6 is 0 Å². The van der Waals surface area contributed by atoms with Crippen molar-refractivity contribution in [1.29, 1.82) is 0 Å². The van der Waals surface area contributed by atoms with Crippen LogP contribution in [0.3, 0.4) is 0 Å². The molecule has 1 aromatic carbocycles. The van der Waals surface area contributed by atoms with Gasteiger partial charge in [0.1, 0.15) is 0 Å². The molecule has 2 N–H and O–H groups in total. The van der Waals surface area contributed by atoms with Gasteiger partial charge in [-0.05, 0) is 62.5 Å². The summed E-state index contributed by atoms with van der Waals surface area (Å²) in [6, 6.07) is 5.94. The summed E-state index contributed by atoms with van der Waals surface area (Å²) in [7, 11) is -3.46. The highest BCUT2D eigenvalue weighted by Crippen LogP contribution is 2.18. The van der Waals surface area contributed by atoms with E-state index in [1.165, 1.54) is 0 Å². The van der Waals surface area contributed by atoms with E-state index in [-0.39, 0.29) is 6.04 Å². The van der Waals surface area contributed by atoms with Gasteiger partial charge in [0.15, 0.2) is 0 Å². The monoisotopic (exact) mass is 381 g/mol. The third-order valence-corrected chi connectivity index (χ3v) is 6.99. The van der Waals surface area contributed by atoms with Gasteiger partial charge < -0.3 is 15.0 Å². The Kier molecular flexibility index (Phi) is 6.69. The number of ether oxygens (including phenoxy) is 1. The minimum Gasteiger partial charge on any atom is -0.381 e. The average Bonchev–Trinajstić information content (AvgIpc) is 3.08. The number of aryl methyl sites for hydroxylation is 1. The minimum absolute atomic E-state index is 0.00937. The predicted molar refractivity (Wildman–Crippen MR) is 103 cm³/mol. The number of nitrogens with zero attached hydrogens (tertiary/aromatic N) is 1. The lowest BCUT2D eigenvalue weighted by molar-refractivity contribution is 0.0776. The van der Waals surface area contributed by atoms with Gasteiger partial charge in [-0.2, -0.15) is 0 Å². The lowest BCUT2D eigenvalue weighted by Gasteiger charge is -2.23. The van der Waals surface area contributed by atoms with Crippen molar-refractivity contribution < 1.29 is 13.2 Å². The molecule has 1 atom stereocenters. The third kappa shape index (κ3) is 5.04. The molecule has 0 saturated carbocycles. The van der Waals surface area contributed by atoms with Gasteiger partial charge in [0.2, 0.25) is 10.0 Å². The number of sulfonamides is 1. The smallest absolute Gasteiger partial charge is 0.240 e. The van der Waals surface area contributed by atoms with Crippen molar-refractivity contribution in [3.63, 3.8) is 0 Å². The van der Waals surface area contributed by atoms with Gasteiger partial charge in [0, 0.05) is 38.4 Å². The van der Waals surface area contributed by atoms with Crippen LogP contribution in [0.2, 0.25) is 0 Å². The summed E-state index contributed by atoms with van der Waals surface area (Å²) >= 11 is 0. The summed E-state index contributed by atoms with van der Waals surface area (Å²) in [5, 5.41) is 3.56. The average molecular weight is 382 g/mol. The van der Waals surface area contributed by atoms with Crippen molar-refractivity contribution in [2.24, 2.45) is 0 Å². The number of hydrogen-bond donors (Lipinski definition) is 2. The van der Waals surface area contributed by atoms with Crippen LogP contribution in [-0.2, 0) is 21.3 Å². The molecule has 26 heavy (non-hydrogen) atoms. The highest BCUT2D eigenvalue weighted by Gasteiger charge is 2.26. The maximum Gasteiger partial charge on any atom is 0.240 e. The molecule has 0 amide bonds. The van der Waals surface area contributed by atoms with E-state index in [1.807, 2.05) is 13.0 Å². The summed E-state index contributed by atoms with van der Waals surface area (Å²) in [6.07, 6.45) is 2.94. The fourth-order valence-corrected chi connectivity index (χ4v) is 5.04. The van der Waals surface area contributed by atoms with Gasteiger partial charge in [-0.3, -0.25) is 0 Å². The molecule has 2 saturated heterocycles. The Morgan fingerprint density at radius 3 is 2.62 bits per heavy atom. The lowest BCUT2D eigenvalue weighted by atomic mass is 10.1. The summed E-state index contributed by atoms with van der Waals surface area (Å²) in [5.74, 6) is 0. The zero-order chi connectivity index (χ0) is 18.6. The van der Waals surface area contributed by atoms with Crippen molar-refractivity contribution in [2.75, 3.05) is 32.8 Å². The Morgan fingerprint density at radius 2 is 1.96 bits per heavy atom. The maximum absolute atomic E-state index is 12.7. The first-order valence-electron chi connectivity index (χ1n) is 9.63. The van der Waals surface area contributed by atoms with Gasteiger partial charge in [0.05, 0.1) is 4.90 Å². The molecular formula is C19H31N3O3S. The standard InChI is InChI=1S/C19H31N3O3S/c1-3-22-9-6-18(14-22)21-26(23,24)19-5-4-16(15(2)12-19)13-20-17-7-10-25-11-8-17/h4-5,12,17-18,20-21H,3,6-11,13-14H2,1-2H3. The van der Waals surface area contributed by atoms with Crippen LogP contribution in [0.5, 0.6) is 0 Å². The van der Waals surface area contributed by atoms with Gasteiger partial charge in [-0.15, -0.1) is 0 Å². The molecule has 0 radical (unpaired) electrons. The molecule has 3 rings (SSSR count). The van der Waals surface area contributed by atoms with Gasteiger partial charge in [-0.1, -0.05) is 13.0 Å². The number of hydrogen-bond acceptors (Lipinski definition) is 5. The summed E-state index contributed by atoms with van der Waals surface area (Å²) in [5.41, 5.74) is 2.16. The van der Waals surface area contributed by atoms with E-state index in [4.69, 9.17) is 4.74 Å². The third-order valence-electron chi connectivity index (χ3n) is 5.47. The van der Waals surface area contributed by atoms with E-state index in [1.54, 1.807) is 12.1 Å². The van der Waals surface area contributed by atoms with Crippen LogP contribution in [0.15, 0.2) is 23.1 Å². The molecular weight excluding hydrogens is 350 g/mol. The molecule has 0 spiro atoms. The van der Waals surface area contributed by atoms with Crippen molar-refractivity contribution >= 4 is 10.0 Å². The summed E-state index contributed by atoms with van der Waals surface area (Å²) in [6.45, 7) is 9.19. The van der Waals surface area contributed by atoms with Crippen LogP contribution < -0.4 is 10.0 Å². The highest BCUT2D eigenvalue weighted by molar-refractivity contribution is 7.89. The Hall–Kier alpha value is -0.990. The second kappa shape index (κ2) is 8.80. The molecule has 1 unspecified atom stereocenters. The van der Waals surface area contributed by atoms with E-state index >= 15 is 0 Å². The number of likely N-dealkylation sites (N-methyl/N-ethyl adjacent to an activating group) is 1. The first kappa shape index (κ1) is 19.8. The first-order chi connectivity index (χ1) is 12.5. The zero-order valence-corrected chi connectivity index (χ0v) is 16.6. The number of nitrogens with one attached hydrogen (secondary N) is 2. The summed E-state index contributed by atoms with van der Waals surface area (Å²) in [4.78, 5) is 2.63. The quantitative estimate of drug-likeness (QED) is 0.751. The SMILES string of the molecule is CCN1CCC(NS(=O)(=O)c2ccc(CNC3CCOCC3)c(C)c2)C1. The molecule has 1 aromatic rings. The van der Waals surface area contributed by atoms with Crippen molar-refractivity contribution in [2.45, 2.75) is 56.6 Å². The van der Waals surface area contributed by atoms with E-state index in [9.17, 15) is 8.42 Å². The molecule has 0 bridgehead atoms. The highest BCUT2D eigenvalue weighted by atomic mass is 32.2. The first-order valence-corrected chi connectivity index (χ1v) is 11.1. The van der Waals surface area contributed by atoms with Gasteiger partial charge in [-0.25, -0.2) is 13.1 Å². The Morgan fingerprint density at radius 1 is 1.19 bits per heavy atom. The zero-order valence-electron chi connectivity index (χ0n) is 15.8. The molecule has 0 aromatic heterocycles. The maximum atomic E-state index is 12.7. The number of likely N-dealkylation sites (tertiary alicyclic amines) is 1. The van der Waals surface area contributed by atoms with Gasteiger partial charge in [0.25, 0.3) is 0 Å². The fraction of sp³-hybridized carbons (Fsp3) is 0.684. The Bertz CT molecular complexity index is 702. The Balaban J connectivity index is 1.60. The van der Waals surface area contributed by atoms with Crippen LogP contribution in [0.1, 0.15) is 37.3 Å². The van der Waals surface area contributed by atoms with Crippen molar-refractivity contribution in [1.82, 2.24) is 14.9 Å². The second-order valence-corrected chi connectivity index (χ2v) is 9.07. The van der Waals surface area contributed by atoms with E-state index in [2.05, 4.69) is 21.9 Å². The van der Waals surface area contributed by atoms with Crippen molar-refractivity contribution in [3.05, 3.63) is 29.3 Å². The molecule has 0 aliphatic carbocycles. The van der Waals surface area contributed by atoms with Crippen molar-refractivity contribution in [3.8, 4) is 0 Å². The minimum atomic E-state index is -3.46. The molecule has 7 heteroatoms. The summed E-state index contributed by atoms with van der Waals surface area (Å²) < 4.78 is 33.6. The van der Waals surface area contributed by atoms with Gasteiger partial charge >= 0.3 is 0 Å². The van der Waals surface area contributed by atoms with Crippen LogP contribution in [0.25, 0.3) is 0 Å². The van der Waals surface area contributed by atoms with Crippen LogP contribution in [0.4, 0.5) is 0 Å². The molecule has 2 fully saturated rings. The molecule has 146 valence electrons. The normalized spacial score (nSPS) is 22.8. The molecule has 2 aliphatic rings. The van der Waals surface area contributed by atoms with E-state index < -0.39 is 10.0 Å².